The Morgan fingerprint density at radius 2 is 1.96 bits per heavy atom. The second-order valence-electron chi connectivity index (χ2n) is 8.88. The number of allylic oxidation sites excluding steroid dienone is 5. The summed E-state index contributed by atoms with van der Waals surface area (Å²) >= 11 is 0. The van der Waals surface area contributed by atoms with Crippen molar-refractivity contribution in [3.05, 3.63) is 64.3 Å². The van der Waals surface area contributed by atoms with Crippen molar-refractivity contribution in [2.45, 2.75) is 73.3 Å². The van der Waals surface area contributed by atoms with E-state index < -0.39 is 0 Å². The first-order valence-corrected chi connectivity index (χ1v) is 10.5. The zero-order chi connectivity index (χ0) is 19.9. The van der Waals surface area contributed by atoms with Gasteiger partial charge >= 0.3 is 0 Å². The van der Waals surface area contributed by atoms with Gasteiger partial charge in [0.05, 0.1) is 11.8 Å². The van der Waals surface area contributed by atoms with Crippen LogP contribution >= 0.6 is 0 Å². The summed E-state index contributed by atoms with van der Waals surface area (Å²) in [5.74, 6) is 1.71. The molecule has 27 heavy (non-hydrogen) atoms. The molecular weight excluding hydrogens is 326 g/mol. The Hall–Kier alpha value is -1.89. The van der Waals surface area contributed by atoms with E-state index >= 15 is 0 Å². The van der Waals surface area contributed by atoms with E-state index in [1.807, 2.05) is 0 Å². The molecule has 0 amide bonds. The quantitative estimate of drug-likeness (QED) is 0.541. The second-order valence-corrected chi connectivity index (χ2v) is 8.88. The fourth-order valence-electron chi connectivity index (χ4n) is 4.35. The van der Waals surface area contributed by atoms with E-state index in [1.165, 1.54) is 39.1 Å². The molecule has 0 spiro atoms. The molecule has 1 heterocycles. The van der Waals surface area contributed by atoms with E-state index in [2.05, 4.69) is 79.3 Å². The SMILES string of the molecule is C=C(C)c1cc2c(cc1C(C)CC)CC(C)N=C2C1=CC(C)C(C)C(C)=C1. The van der Waals surface area contributed by atoms with E-state index in [-0.39, 0.29) is 0 Å². The average molecular weight is 362 g/mol. The van der Waals surface area contributed by atoms with Crippen molar-refractivity contribution in [1.29, 1.82) is 0 Å². The van der Waals surface area contributed by atoms with Gasteiger partial charge in [0.25, 0.3) is 0 Å². The maximum absolute atomic E-state index is 5.11. The molecule has 0 N–H and O–H groups in total. The fraction of sp³-hybridized carbons (Fsp3) is 0.500. The molecule has 4 unspecified atom stereocenters. The van der Waals surface area contributed by atoms with E-state index in [1.54, 1.807) is 0 Å². The Balaban J connectivity index is 2.17. The molecule has 0 radical (unpaired) electrons. The van der Waals surface area contributed by atoms with Crippen molar-refractivity contribution in [2.24, 2.45) is 16.8 Å². The van der Waals surface area contributed by atoms with Gasteiger partial charge in [-0.25, -0.2) is 0 Å². The summed E-state index contributed by atoms with van der Waals surface area (Å²) in [5, 5.41) is 0. The Labute approximate surface area is 166 Å². The van der Waals surface area contributed by atoms with Crippen molar-refractivity contribution in [3.63, 3.8) is 0 Å². The lowest BCUT2D eigenvalue weighted by Gasteiger charge is -2.29. The number of hydrogen-bond acceptors (Lipinski definition) is 1. The van der Waals surface area contributed by atoms with Crippen LogP contribution in [0.5, 0.6) is 0 Å². The molecule has 4 atom stereocenters. The summed E-state index contributed by atoms with van der Waals surface area (Å²) in [4.78, 5) is 5.11. The van der Waals surface area contributed by atoms with Crippen LogP contribution in [0.25, 0.3) is 5.57 Å². The van der Waals surface area contributed by atoms with Crippen molar-refractivity contribution in [2.75, 3.05) is 0 Å². The number of nitrogens with zero attached hydrogens (tertiary/aromatic N) is 1. The first-order valence-electron chi connectivity index (χ1n) is 10.5. The molecule has 144 valence electrons. The van der Waals surface area contributed by atoms with E-state index in [0.717, 1.165) is 18.4 Å². The molecule has 3 rings (SSSR count). The van der Waals surface area contributed by atoms with Crippen molar-refractivity contribution < 1.29 is 0 Å². The predicted molar refractivity (Wildman–Crippen MR) is 120 cm³/mol. The lowest BCUT2D eigenvalue weighted by Crippen LogP contribution is -2.23. The van der Waals surface area contributed by atoms with Gasteiger partial charge in [0, 0.05) is 5.56 Å². The molecule has 1 aliphatic heterocycles. The highest BCUT2D eigenvalue weighted by Crippen LogP contribution is 2.36. The minimum atomic E-state index is 0.331. The summed E-state index contributed by atoms with van der Waals surface area (Å²) in [6.45, 7) is 20.1. The summed E-state index contributed by atoms with van der Waals surface area (Å²) in [7, 11) is 0. The molecule has 1 aliphatic carbocycles. The highest BCUT2D eigenvalue weighted by atomic mass is 14.8. The van der Waals surface area contributed by atoms with Crippen LogP contribution in [0.2, 0.25) is 0 Å². The highest BCUT2D eigenvalue weighted by molar-refractivity contribution is 6.16. The summed E-state index contributed by atoms with van der Waals surface area (Å²) in [6, 6.07) is 5.15. The first-order chi connectivity index (χ1) is 12.7. The van der Waals surface area contributed by atoms with Gasteiger partial charge in [0.1, 0.15) is 0 Å². The van der Waals surface area contributed by atoms with Crippen LogP contribution in [0.3, 0.4) is 0 Å². The smallest absolute Gasteiger partial charge is 0.0722 e. The van der Waals surface area contributed by atoms with Crippen LogP contribution in [0.15, 0.2) is 47.0 Å². The van der Waals surface area contributed by atoms with Crippen LogP contribution in [0.4, 0.5) is 0 Å². The van der Waals surface area contributed by atoms with E-state index in [9.17, 15) is 0 Å². The van der Waals surface area contributed by atoms with Crippen molar-refractivity contribution >= 4 is 11.3 Å². The van der Waals surface area contributed by atoms with Crippen molar-refractivity contribution in [3.8, 4) is 0 Å². The van der Waals surface area contributed by atoms with Crippen LogP contribution in [-0.4, -0.2) is 11.8 Å². The molecule has 0 aromatic heterocycles. The number of fused-ring (bicyclic) bond motifs is 1. The van der Waals surface area contributed by atoms with Gasteiger partial charge in [0.2, 0.25) is 0 Å². The Morgan fingerprint density at radius 1 is 1.26 bits per heavy atom. The fourth-order valence-corrected chi connectivity index (χ4v) is 4.35. The Kier molecular flexibility index (Phi) is 5.60. The van der Waals surface area contributed by atoms with Gasteiger partial charge < -0.3 is 0 Å². The topological polar surface area (TPSA) is 12.4 Å². The lowest BCUT2D eigenvalue weighted by atomic mass is 9.78. The Morgan fingerprint density at radius 3 is 2.56 bits per heavy atom. The molecule has 0 fully saturated rings. The number of rotatable bonds is 4. The molecule has 1 heteroatoms. The van der Waals surface area contributed by atoms with Gasteiger partial charge in [-0.2, -0.15) is 0 Å². The molecule has 1 nitrogen and oxygen atoms in total. The lowest BCUT2D eigenvalue weighted by molar-refractivity contribution is 0.521. The normalized spacial score (nSPS) is 25.9. The third kappa shape index (κ3) is 3.74. The molecule has 0 bridgehead atoms. The summed E-state index contributed by atoms with van der Waals surface area (Å²) in [5.41, 5.74) is 10.6. The first kappa shape index (κ1) is 19.9. The number of hydrogen-bond donors (Lipinski definition) is 0. The largest absolute Gasteiger partial charge is 0.281 e. The van der Waals surface area contributed by atoms with Crippen LogP contribution in [0.1, 0.15) is 83.1 Å². The molecule has 0 saturated carbocycles. The van der Waals surface area contributed by atoms with Gasteiger partial charge in [-0.3, -0.25) is 4.99 Å². The summed E-state index contributed by atoms with van der Waals surface area (Å²) in [6.07, 6.45) is 6.95. The van der Waals surface area contributed by atoms with Gasteiger partial charge in [-0.05, 0) is 79.7 Å². The van der Waals surface area contributed by atoms with Crippen LogP contribution in [-0.2, 0) is 6.42 Å². The molecule has 1 aromatic rings. The predicted octanol–water partition coefficient (Wildman–Crippen LogP) is 7.13. The third-order valence-corrected chi connectivity index (χ3v) is 6.60. The highest BCUT2D eigenvalue weighted by Gasteiger charge is 2.26. The third-order valence-electron chi connectivity index (χ3n) is 6.60. The second kappa shape index (κ2) is 7.62. The molecule has 1 aromatic carbocycles. The minimum Gasteiger partial charge on any atom is -0.281 e. The van der Waals surface area contributed by atoms with Crippen molar-refractivity contribution in [1.82, 2.24) is 0 Å². The Bertz CT molecular complexity index is 849. The van der Waals surface area contributed by atoms with Crippen LogP contribution in [0, 0.1) is 11.8 Å². The number of aliphatic imine (C=N–C) groups is 1. The molecular formula is C26H35N. The monoisotopic (exact) mass is 361 g/mol. The van der Waals surface area contributed by atoms with Gasteiger partial charge in [0.15, 0.2) is 0 Å². The molecule has 0 saturated heterocycles. The number of benzene rings is 1. The van der Waals surface area contributed by atoms with Gasteiger partial charge in [-0.1, -0.05) is 63.6 Å². The van der Waals surface area contributed by atoms with Crippen LogP contribution < -0.4 is 0 Å². The zero-order valence-corrected chi connectivity index (χ0v) is 18.2. The maximum atomic E-state index is 5.11. The standard InChI is InChI=1S/C26H35N/c1-9-16(4)24-13-21-12-19(7)27-26(25(21)14-23(24)15(2)3)22-10-17(5)20(8)18(6)11-22/h10-11,13-14,16-17,19-20H,2,9,12H2,1,3-8H3. The molecule has 2 aliphatic rings. The van der Waals surface area contributed by atoms with E-state index in [0.29, 0.717) is 23.8 Å². The van der Waals surface area contributed by atoms with E-state index in [4.69, 9.17) is 4.99 Å². The average Bonchev–Trinajstić information content (AvgIpc) is 2.63. The van der Waals surface area contributed by atoms with Gasteiger partial charge in [-0.15, -0.1) is 0 Å². The summed E-state index contributed by atoms with van der Waals surface area (Å²) < 4.78 is 0. The minimum absolute atomic E-state index is 0.331. The maximum Gasteiger partial charge on any atom is 0.0722 e. The zero-order valence-electron chi connectivity index (χ0n) is 18.2.